The van der Waals surface area contributed by atoms with Crippen LogP contribution in [0.1, 0.15) is 11.1 Å². The van der Waals surface area contributed by atoms with Gasteiger partial charge in [-0.25, -0.2) is 0 Å². The van der Waals surface area contributed by atoms with Crippen molar-refractivity contribution in [2.75, 3.05) is 7.11 Å². The summed E-state index contributed by atoms with van der Waals surface area (Å²) in [6.07, 6.45) is 3.21. The van der Waals surface area contributed by atoms with Crippen molar-refractivity contribution in [1.29, 1.82) is 0 Å². The monoisotopic (exact) mass is 310 g/mol. The van der Waals surface area contributed by atoms with Crippen molar-refractivity contribution in [1.82, 2.24) is 10.9 Å². The molecule has 0 aliphatic carbocycles. The Morgan fingerprint density at radius 1 is 1.00 bits per heavy atom. The molecule has 2 aromatic rings. The second kappa shape index (κ2) is 8.38. The highest BCUT2D eigenvalue weighted by Gasteiger charge is 2.03. The lowest BCUT2D eigenvalue weighted by atomic mass is 10.1. The summed E-state index contributed by atoms with van der Waals surface area (Å²) in [6.45, 7) is 0. The first kappa shape index (κ1) is 16.3. The molecular formula is C18H18N2O3. The van der Waals surface area contributed by atoms with Gasteiger partial charge in [-0.2, -0.15) is 0 Å². The summed E-state index contributed by atoms with van der Waals surface area (Å²) in [5.74, 6) is 0.0735. The third-order valence-electron chi connectivity index (χ3n) is 3.08. The van der Waals surface area contributed by atoms with Gasteiger partial charge in [0.05, 0.1) is 13.5 Å². The zero-order valence-electron chi connectivity index (χ0n) is 12.8. The molecule has 5 heteroatoms. The summed E-state index contributed by atoms with van der Waals surface area (Å²) in [6, 6.07) is 16.6. The van der Waals surface area contributed by atoms with Gasteiger partial charge in [0, 0.05) is 6.08 Å². The molecule has 5 nitrogen and oxygen atoms in total. The number of rotatable bonds is 5. The molecule has 0 aromatic heterocycles. The van der Waals surface area contributed by atoms with Gasteiger partial charge in [-0.15, -0.1) is 0 Å². The summed E-state index contributed by atoms with van der Waals surface area (Å²) in [7, 11) is 1.59. The number of carbonyl (C=O) groups is 2. The van der Waals surface area contributed by atoms with Crippen LogP contribution in [0.2, 0.25) is 0 Å². The van der Waals surface area contributed by atoms with Crippen LogP contribution >= 0.6 is 0 Å². The molecule has 2 N–H and O–H groups in total. The van der Waals surface area contributed by atoms with Gasteiger partial charge < -0.3 is 4.74 Å². The second-order valence-corrected chi connectivity index (χ2v) is 4.81. The predicted octanol–water partition coefficient (Wildman–Crippen LogP) is 2.10. The molecule has 0 saturated heterocycles. The lowest BCUT2D eigenvalue weighted by Crippen LogP contribution is -2.41. The third-order valence-corrected chi connectivity index (χ3v) is 3.08. The van der Waals surface area contributed by atoms with Gasteiger partial charge in [-0.1, -0.05) is 42.5 Å². The van der Waals surface area contributed by atoms with Gasteiger partial charge >= 0.3 is 0 Å². The van der Waals surface area contributed by atoms with E-state index in [2.05, 4.69) is 10.9 Å². The van der Waals surface area contributed by atoms with Crippen LogP contribution in [0.15, 0.2) is 60.7 Å². The topological polar surface area (TPSA) is 67.4 Å². The van der Waals surface area contributed by atoms with Crippen LogP contribution in [0.4, 0.5) is 0 Å². The van der Waals surface area contributed by atoms with Crippen molar-refractivity contribution in [3.8, 4) is 5.75 Å². The normalized spacial score (nSPS) is 10.3. The van der Waals surface area contributed by atoms with E-state index in [0.717, 1.165) is 16.9 Å². The Morgan fingerprint density at radius 2 is 1.70 bits per heavy atom. The molecule has 0 radical (unpaired) electrons. The highest BCUT2D eigenvalue weighted by atomic mass is 16.5. The molecule has 0 aliphatic rings. The second-order valence-electron chi connectivity index (χ2n) is 4.81. The minimum Gasteiger partial charge on any atom is -0.497 e. The van der Waals surface area contributed by atoms with Gasteiger partial charge in [0.25, 0.3) is 5.91 Å². The van der Waals surface area contributed by atoms with E-state index in [-0.39, 0.29) is 12.3 Å². The molecule has 2 aromatic carbocycles. The van der Waals surface area contributed by atoms with E-state index in [9.17, 15) is 9.59 Å². The molecule has 0 aliphatic heterocycles. The molecular weight excluding hydrogens is 292 g/mol. The lowest BCUT2D eigenvalue weighted by Gasteiger charge is -2.05. The van der Waals surface area contributed by atoms with Crippen molar-refractivity contribution in [2.24, 2.45) is 0 Å². The van der Waals surface area contributed by atoms with E-state index >= 15 is 0 Å². The number of carbonyl (C=O) groups excluding carboxylic acids is 2. The summed E-state index contributed by atoms with van der Waals surface area (Å²) in [5.41, 5.74) is 6.46. The van der Waals surface area contributed by atoms with Gasteiger partial charge in [-0.3, -0.25) is 20.4 Å². The van der Waals surface area contributed by atoms with E-state index in [4.69, 9.17) is 4.74 Å². The summed E-state index contributed by atoms with van der Waals surface area (Å²) >= 11 is 0. The Labute approximate surface area is 134 Å². The Bertz CT molecular complexity index is 679. The SMILES string of the molecule is COc1ccc(/C=C/C(=O)NNC(=O)Cc2ccccc2)cc1. The average molecular weight is 310 g/mol. The fraction of sp³-hybridized carbons (Fsp3) is 0.111. The quantitative estimate of drug-likeness (QED) is 0.656. The minimum absolute atomic E-state index is 0.212. The Balaban J connectivity index is 1.77. The van der Waals surface area contributed by atoms with Crippen LogP contribution in [-0.2, 0) is 16.0 Å². The van der Waals surface area contributed by atoms with Crippen molar-refractivity contribution in [3.05, 3.63) is 71.8 Å². The van der Waals surface area contributed by atoms with Crippen molar-refractivity contribution in [2.45, 2.75) is 6.42 Å². The maximum absolute atomic E-state index is 11.7. The van der Waals surface area contributed by atoms with E-state index in [0.29, 0.717) is 0 Å². The maximum atomic E-state index is 11.7. The Hall–Kier alpha value is -3.08. The number of methoxy groups -OCH3 is 1. The predicted molar refractivity (Wildman–Crippen MR) is 88.5 cm³/mol. The number of ether oxygens (including phenoxy) is 1. The molecule has 0 spiro atoms. The highest BCUT2D eigenvalue weighted by Crippen LogP contribution is 2.12. The molecule has 0 bridgehead atoms. The minimum atomic E-state index is -0.401. The van der Waals surface area contributed by atoms with E-state index < -0.39 is 5.91 Å². The van der Waals surface area contributed by atoms with Crippen LogP contribution in [0, 0.1) is 0 Å². The fourth-order valence-electron chi connectivity index (χ4n) is 1.89. The van der Waals surface area contributed by atoms with E-state index in [1.807, 2.05) is 42.5 Å². The van der Waals surface area contributed by atoms with Crippen molar-refractivity contribution < 1.29 is 14.3 Å². The van der Waals surface area contributed by atoms with Crippen molar-refractivity contribution >= 4 is 17.9 Å². The Kier molecular flexibility index (Phi) is 5.94. The number of hydrogen-bond donors (Lipinski definition) is 2. The zero-order chi connectivity index (χ0) is 16.5. The molecule has 2 amide bonds. The molecule has 0 saturated carbocycles. The molecule has 0 fully saturated rings. The Morgan fingerprint density at radius 3 is 2.35 bits per heavy atom. The third kappa shape index (κ3) is 5.67. The van der Waals surface area contributed by atoms with Gasteiger partial charge in [-0.05, 0) is 29.3 Å². The van der Waals surface area contributed by atoms with Gasteiger partial charge in [0.15, 0.2) is 0 Å². The summed E-state index contributed by atoms with van der Waals surface area (Å²) in [4.78, 5) is 23.4. The molecule has 118 valence electrons. The maximum Gasteiger partial charge on any atom is 0.262 e. The summed E-state index contributed by atoms with van der Waals surface area (Å²) < 4.78 is 5.06. The molecule has 2 rings (SSSR count). The highest BCUT2D eigenvalue weighted by molar-refractivity contribution is 5.93. The summed E-state index contributed by atoms with van der Waals surface area (Å²) in [5, 5.41) is 0. The first-order valence-electron chi connectivity index (χ1n) is 7.12. The number of hydrazine groups is 1. The van der Waals surface area contributed by atoms with Gasteiger partial charge in [0.2, 0.25) is 5.91 Å². The van der Waals surface area contributed by atoms with Crippen LogP contribution in [0.5, 0.6) is 5.75 Å². The largest absolute Gasteiger partial charge is 0.497 e. The van der Waals surface area contributed by atoms with Crippen LogP contribution < -0.4 is 15.6 Å². The van der Waals surface area contributed by atoms with Crippen molar-refractivity contribution in [3.63, 3.8) is 0 Å². The van der Waals surface area contributed by atoms with Crippen LogP contribution in [0.25, 0.3) is 6.08 Å². The number of benzene rings is 2. The lowest BCUT2D eigenvalue weighted by molar-refractivity contribution is -0.126. The molecule has 23 heavy (non-hydrogen) atoms. The first-order chi connectivity index (χ1) is 11.2. The first-order valence-corrected chi connectivity index (χ1v) is 7.12. The number of amides is 2. The van der Waals surface area contributed by atoms with E-state index in [1.54, 1.807) is 25.3 Å². The molecule has 0 heterocycles. The average Bonchev–Trinajstić information content (AvgIpc) is 2.59. The van der Waals surface area contributed by atoms with Crippen LogP contribution in [-0.4, -0.2) is 18.9 Å². The molecule has 0 unspecified atom stereocenters. The van der Waals surface area contributed by atoms with Gasteiger partial charge in [0.1, 0.15) is 5.75 Å². The number of nitrogens with one attached hydrogen (secondary N) is 2. The molecule has 0 atom stereocenters. The zero-order valence-corrected chi connectivity index (χ0v) is 12.8. The number of hydrogen-bond acceptors (Lipinski definition) is 3. The fourth-order valence-corrected chi connectivity index (χ4v) is 1.89. The standard InChI is InChI=1S/C18H18N2O3/c1-23-16-10-7-14(8-11-16)9-12-17(21)19-20-18(22)13-15-5-3-2-4-6-15/h2-12H,13H2,1H3,(H,19,21)(H,20,22)/b12-9+. The van der Waals surface area contributed by atoms with Crippen LogP contribution in [0.3, 0.4) is 0 Å². The van der Waals surface area contributed by atoms with E-state index in [1.165, 1.54) is 6.08 Å². The smallest absolute Gasteiger partial charge is 0.262 e.